The molecule has 1 saturated heterocycles. The van der Waals surface area contributed by atoms with Gasteiger partial charge in [-0.15, -0.1) is 0 Å². The van der Waals surface area contributed by atoms with Crippen molar-refractivity contribution in [3.8, 4) is 0 Å². The van der Waals surface area contributed by atoms with Crippen molar-refractivity contribution in [3.63, 3.8) is 0 Å². The lowest BCUT2D eigenvalue weighted by atomic mass is 9.94. The first-order chi connectivity index (χ1) is 15.2. The van der Waals surface area contributed by atoms with Crippen molar-refractivity contribution in [3.05, 3.63) is 101 Å². The Kier molecular flexibility index (Phi) is 7.11. The van der Waals surface area contributed by atoms with Gasteiger partial charge in [-0.2, -0.15) is 0 Å². The van der Waals surface area contributed by atoms with Crippen LogP contribution in [0.3, 0.4) is 0 Å². The summed E-state index contributed by atoms with van der Waals surface area (Å²) in [4.78, 5) is 20.1. The van der Waals surface area contributed by atoms with E-state index in [0.29, 0.717) is 0 Å². The Labute approximate surface area is 185 Å². The molecule has 1 aliphatic heterocycles. The van der Waals surface area contributed by atoms with Crippen LogP contribution < -0.4 is 5.32 Å². The molecule has 160 valence electrons. The van der Waals surface area contributed by atoms with E-state index < -0.39 is 0 Å². The van der Waals surface area contributed by atoms with Crippen molar-refractivity contribution in [1.29, 1.82) is 0 Å². The minimum Gasteiger partial charge on any atom is -0.343 e. The predicted octanol–water partition coefficient (Wildman–Crippen LogP) is 4.55. The van der Waals surface area contributed by atoms with Crippen LogP contribution in [0.25, 0.3) is 0 Å². The molecule has 3 aromatic rings. The Morgan fingerprint density at radius 3 is 2.39 bits per heavy atom. The Hall–Kier alpha value is -2.98. The van der Waals surface area contributed by atoms with Crippen LogP contribution in [-0.2, 0) is 11.2 Å². The number of nitrogens with zero attached hydrogens (tertiary/aromatic N) is 2. The van der Waals surface area contributed by atoms with Crippen molar-refractivity contribution in [2.75, 3.05) is 19.6 Å². The molecule has 1 amide bonds. The summed E-state index contributed by atoms with van der Waals surface area (Å²) in [5.74, 6) is 0.198. The second-order valence-corrected chi connectivity index (χ2v) is 8.46. The quantitative estimate of drug-likeness (QED) is 0.618. The van der Waals surface area contributed by atoms with Crippen LogP contribution in [-0.4, -0.2) is 35.4 Å². The molecule has 31 heavy (non-hydrogen) atoms. The van der Waals surface area contributed by atoms with Gasteiger partial charge in [0.25, 0.3) is 0 Å². The number of likely N-dealkylation sites (tertiary alicyclic amines) is 1. The fourth-order valence-corrected chi connectivity index (χ4v) is 4.24. The van der Waals surface area contributed by atoms with Crippen LogP contribution in [0.2, 0.25) is 0 Å². The van der Waals surface area contributed by atoms with E-state index in [1.165, 1.54) is 11.1 Å². The van der Waals surface area contributed by atoms with Gasteiger partial charge >= 0.3 is 0 Å². The molecule has 4 nitrogen and oxygen atoms in total. The van der Waals surface area contributed by atoms with Gasteiger partial charge in [0.15, 0.2) is 0 Å². The topological polar surface area (TPSA) is 45.2 Å². The molecule has 1 fully saturated rings. The lowest BCUT2D eigenvalue weighted by molar-refractivity contribution is -0.127. The molecule has 2 aromatic carbocycles. The number of carbonyl (C=O) groups excluding carboxylic acids is 1. The number of nitrogens with one attached hydrogen (secondary N) is 1. The lowest BCUT2D eigenvalue weighted by Crippen LogP contribution is -2.42. The molecule has 4 heteroatoms. The molecule has 0 saturated carbocycles. The minimum absolute atomic E-state index is 0.0598. The molecular formula is C27H31N3O. The van der Waals surface area contributed by atoms with Crippen LogP contribution in [0.4, 0.5) is 0 Å². The molecule has 1 aromatic heterocycles. The monoisotopic (exact) mass is 413 g/mol. The average molecular weight is 414 g/mol. The van der Waals surface area contributed by atoms with Gasteiger partial charge in [0.2, 0.25) is 5.91 Å². The maximum Gasteiger partial charge on any atom is 0.224 e. The first-order valence-electron chi connectivity index (χ1n) is 11.2. The van der Waals surface area contributed by atoms with Crippen LogP contribution in [0.1, 0.15) is 41.3 Å². The molecule has 1 N–H and O–H groups in total. The standard InChI is InChI=1S/C27H31N3O/c1-21-10-12-23(13-11-21)26(25-9-5-6-17-28-25)29-27(31)24-15-19-30(20-16-24)18-14-22-7-3-2-4-8-22/h2-13,17,24,26H,14-16,18-20H2,1H3,(H,29,31). The second kappa shape index (κ2) is 10.4. The highest BCUT2D eigenvalue weighted by molar-refractivity contribution is 5.79. The highest BCUT2D eigenvalue weighted by Crippen LogP contribution is 2.24. The summed E-state index contributed by atoms with van der Waals surface area (Å²) in [5.41, 5.74) is 4.52. The van der Waals surface area contributed by atoms with Gasteiger partial charge in [0.05, 0.1) is 11.7 Å². The van der Waals surface area contributed by atoms with Gasteiger partial charge in [-0.25, -0.2) is 0 Å². The third kappa shape index (κ3) is 5.80. The van der Waals surface area contributed by atoms with Crippen molar-refractivity contribution in [2.24, 2.45) is 5.92 Å². The largest absolute Gasteiger partial charge is 0.343 e. The molecular weight excluding hydrogens is 382 g/mol. The van der Waals surface area contributed by atoms with E-state index in [2.05, 4.69) is 76.7 Å². The van der Waals surface area contributed by atoms with Gasteiger partial charge in [0, 0.05) is 18.7 Å². The number of carbonyl (C=O) groups is 1. The van der Waals surface area contributed by atoms with Gasteiger partial charge in [-0.1, -0.05) is 66.2 Å². The number of rotatable bonds is 7. The number of pyridine rings is 1. The molecule has 0 aliphatic carbocycles. The van der Waals surface area contributed by atoms with Crippen LogP contribution in [0, 0.1) is 12.8 Å². The number of amides is 1. The van der Waals surface area contributed by atoms with Crippen molar-refractivity contribution in [1.82, 2.24) is 15.2 Å². The number of aryl methyl sites for hydroxylation is 1. The number of hydrogen-bond acceptors (Lipinski definition) is 3. The Morgan fingerprint density at radius 1 is 1.00 bits per heavy atom. The highest BCUT2D eigenvalue weighted by atomic mass is 16.2. The number of aromatic nitrogens is 1. The van der Waals surface area contributed by atoms with Crippen molar-refractivity contribution < 1.29 is 4.79 Å². The number of piperidine rings is 1. The molecule has 4 rings (SSSR count). The zero-order valence-corrected chi connectivity index (χ0v) is 18.2. The maximum absolute atomic E-state index is 13.2. The summed E-state index contributed by atoms with van der Waals surface area (Å²) in [5, 5.41) is 3.29. The summed E-state index contributed by atoms with van der Waals surface area (Å²) < 4.78 is 0. The van der Waals surface area contributed by atoms with E-state index in [1.54, 1.807) is 6.20 Å². The maximum atomic E-state index is 13.2. The zero-order valence-electron chi connectivity index (χ0n) is 18.2. The van der Waals surface area contributed by atoms with Crippen molar-refractivity contribution in [2.45, 2.75) is 32.2 Å². The molecule has 0 radical (unpaired) electrons. The summed E-state index contributed by atoms with van der Waals surface area (Å²) >= 11 is 0. The normalized spacial score (nSPS) is 16.0. The smallest absolute Gasteiger partial charge is 0.224 e. The van der Waals surface area contributed by atoms with Gasteiger partial charge in [-0.05, 0) is 62.5 Å². The summed E-state index contributed by atoms with van der Waals surface area (Å²) in [7, 11) is 0. The molecule has 0 bridgehead atoms. The number of benzene rings is 2. The Balaban J connectivity index is 1.35. The van der Waals surface area contributed by atoms with E-state index in [1.807, 2.05) is 18.2 Å². The fourth-order valence-electron chi connectivity index (χ4n) is 4.24. The summed E-state index contributed by atoms with van der Waals surface area (Å²) in [6.45, 7) is 5.08. The zero-order chi connectivity index (χ0) is 21.5. The third-order valence-electron chi connectivity index (χ3n) is 6.20. The van der Waals surface area contributed by atoms with Crippen molar-refractivity contribution >= 4 is 5.91 Å². The predicted molar refractivity (Wildman–Crippen MR) is 125 cm³/mol. The number of hydrogen-bond donors (Lipinski definition) is 1. The first-order valence-corrected chi connectivity index (χ1v) is 11.2. The molecule has 2 heterocycles. The van der Waals surface area contributed by atoms with E-state index in [9.17, 15) is 4.79 Å². The van der Waals surface area contributed by atoms with Crippen LogP contribution >= 0.6 is 0 Å². The third-order valence-corrected chi connectivity index (χ3v) is 6.20. The first kappa shape index (κ1) is 21.3. The Morgan fingerprint density at radius 2 is 1.71 bits per heavy atom. The Bertz CT molecular complexity index is 949. The second-order valence-electron chi connectivity index (χ2n) is 8.46. The molecule has 0 spiro atoms. The lowest BCUT2D eigenvalue weighted by Gasteiger charge is -2.32. The molecule has 1 atom stereocenters. The van der Waals surface area contributed by atoms with Crippen LogP contribution in [0.15, 0.2) is 79.0 Å². The minimum atomic E-state index is -0.217. The highest BCUT2D eigenvalue weighted by Gasteiger charge is 2.27. The molecule has 1 unspecified atom stereocenters. The van der Waals surface area contributed by atoms with Gasteiger partial charge in [0.1, 0.15) is 0 Å². The van der Waals surface area contributed by atoms with E-state index in [4.69, 9.17) is 0 Å². The van der Waals surface area contributed by atoms with E-state index >= 15 is 0 Å². The SMILES string of the molecule is Cc1ccc(C(NC(=O)C2CCN(CCc3ccccc3)CC2)c2ccccn2)cc1. The van der Waals surface area contributed by atoms with E-state index in [-0.39, 0.29) is 17.9 Å². The average Bonchev–Trinajstić information content (AvgIpc) is 2.83. The summed E-state index contributed by atoms with van der Waals surface area (Å²) in [6, 6.07) is 24.6. The fraction of sp³-hybridized carbons (Fsp3) is 0.333. The van der Waals surface area contributed by atoms with Gasteiger partial charge < -0.3 is 10.2 Å². The van der Waals surface area contributed by atoms with Gasteiger partial charge in [-0.3, -0.25) is 9.78 Å². The van der Waals surface area contributed by atoms with Crippen LogP contribution in [0.5, 0.6) is 0 Å². The summed E-state index contributed by atoms with van der Waals surface area (Å²) in [6.07, 6.45) is 4.66. The van der Waals surface area contributed by atoms with E-state index in [0.717, 1.165) is 50.2 Å². The molecule has 1 aliphatic rings.